The van der Waals surface area contributed by atoms with Gasteiger partial charge in [-0.3, -0.25) is 0 Å². The summed E-state index contributed by atoms with van der Waals surface area (Å²) in [5.41, 5.74) is 3.14. The highest BCUT2D eigenvalue weighted by Crippen LogP contribution is 2.15. The zero-order valence-electron chi connectivity index (χ0n) is 13.8. The number of likely N-dealkylation sites (tertiary alicyclic amines) is 1. The lowest BCUT2D eigenvalue weighted by Crippen LogP contribution is -2.42. The summed E-state index contributed by atoms with van der Waals surface area (Å²) in [7, 11) is 1.78. The Balaban J connectivity index is 1.68. The average molecular weight is 305 g/mol. The zero-order valence-corrected chi connectivity index (χ0v) is 13.8. The molecule has 0 bridgehead atoms. The van der Waals surface area contributed by atoms with Crippen molar-refractivity contribution in [2.45, 2.75) is 32.8 Å². The van der Waals surface area contributed by atoms with E-state index >= 15 is 0 Å². The molecule has 1 fully saturated rings. The number of urea groups is 1. The molecule has 2 amide bonds. The van der Waals surface area contributed by atoms with Gasteiger partial charge >= 0.3 is 6.03 Å². The van der Waals surface area contributed by atoms with Crippen LogP contribution in [0.4, 0.5) is 10.5 Å². The fourth-order valence-electron chi connectivity index (χ4n) is 2.82. The van der Waals surface area contributed by atoms with Gasteiger partial charge in [0.2, 0.25) is 0 Å². The number of methoxy groups -OCH3 is 1. The lowest BCUT2D eigenvalue weighted by atomic mass is 10.1. The van der Waals surface area contributed by atoms with Crippen molar-refractivity contribution >= 4 is 11.7 Å². The lowest BCUT2D eigenvalue weighted by molar-refractivity contribution is 0.0417. The molecule has 1 aliphatic heterocycles. The zero-order chi connectivity index (χ0) is 15.9. The van der Waals surface area contributed by atoms with Gasteiger partial charge in [0.25, 0.3) is 0 Å². The van der Waals surface area contributed by atoms with E-state index in [0.717, 1.165) is 43.7 Å². The number of carbonyl (C=O) groups is 1. The smallest absolute Gasteiger partial charge is 0.319 e. The summed E-state index contributed by atoms with van der Waals surface area (Å²) in [5, 5.41) is 5.83. The molecule has 0 aromatic heterocycles. The van der Waals surface area contributed by atoms with Crippen LogP contribution in [0.3, 0.4) is 0 Å². The SMILES string of the molecule is COC1CCN(CCNC(=O)Nc2ccc(C)cc2C)CC1. The van der Waals surface area contributed by atoms with Crippen LogP contribution >= 0.6 is 0 Å². The number of ether oxygens (including phenoxy) is 1. The first-order valence-electron chi connectivity index (χ1n) is 7.95. The summed E-state index contributed by atoms with van der Waals surface area (Å²) in [4.78, 5) is 14.3. The molecule has 1 aromatic rings. The number of nitrogens with one attached hydrogen (secondary N) is 2. The van der Waals surface area contributed by atoms with Crippen LogP contribution in [-0.2, 0) is 4.74 Å². The number of benzene rings is 1. The van der Waals surface area contributed by atoms with E-state index in [-0.39, 0.29) is 6.03 Å². The molecule has 1 aromatic carbocycles. The summed E-state index contributed by atoms with van der Waals surface area (Å²) in [6.07, 6.45) is 2.55. The first kappa shape index (κ1) is 16.8. The maximum atomic E-state index is 11.9. The van der Waals surface area contributed by atoms with Gasteiger partial charge in [0.1, 0.15) is 0 Å². The first-order valence-corrected chi connectivity index (χ1v) is 7.95. The second kappa shape index (κ2) is 8.15. The molecule has 0 saturated carbocycles. The van der Waals surface area contributed by atoms with E-state index in [1.165, 1.54) is 5.56 Å². The van der Waals surface area contributed by atoms with Crippen molar-refractivity contribution in [1.29, 1.82) is 0 Å². The van der Waals surface area contributed by atoms with Gasteiger partial charge in [-0.05, 0) is 38.3 Å². The van der Waals surface area contributed by atoms with E-state index < -0.39 is 0 Å². The molecule has 2 rings (SSSR count). The number of anilines is 1. The van der Waals surface area contributed by atoms with Gasteiger partial charge in [0, 0.05) is 39.0 Å². The van der Waals surface area contributed by atoms with Gasteiger partial charge in [-0.1, -0.05) is 17.7 Å². The molecule has 1 saturated heterocycles. The van der Waals surface area contributed by atoms with Crippen LogP contribution in [0.5, 0.6) is 0 Å². The van der Waals surface area contributed by atoms with E-state index in [0.29, 0.717) is 12.6 Å². The molecule has 122 valence electrons. The summed E-state index contributed by atoms with van der Waals surface area (Å²) in [5.74, 6) is 0. The molecule has 0 atom stereocenters. The number of hydrogen-bond donors (Lipinski definition) is 2. The quantitative estimate of drug-likeness (QED) is 0.879. The van der Waals surface area contributed by atoms with E-state index in [2.05, 4.69) is 21.6 Å². The van der Waals surface area contributed by atoms with Crippen LogP contribution in [0, 0.1) is 13.8 Å². The highest BCUT2D eigenvalue weighted by molar-refractivity contribution is 5.90. The molecular formula is C17H27N3O2. The predicted molar refractivity (Wildman–Crippen MR) is 89.4 cm³/mol. The number of amides is 2. The van der Waals surface area contributed by atoms with Crippen molar-refractivity contribution < 1.29 is 9.53 Å². The van der Waals surface area contributed by atoms with Gasteiger partial charge in [0.15, 0.2) is 0 Å². The molecule has 0 radical (unpaired) electrons. The Labute approximate surface area is 133 Å². The number of rotatable bonds is 5. The number of hydrogen-bond acceptors (Lipinski definition) is 3. The Hall–Kier alpha value is -1.59. The highest BCUT2D eigenvalue weighted by Gasteiger charge is 2.18. The van der Waals surface area contributed by atoms with Crippen LogP contribution in [0.1, 0.15) is 24.0 Å². The maximum Gasteiger partial charge on any atom is 0.319 e. The van der Waals surface area contributed by atoms with Gasteiger partial charge in [0.05, 0.1) is 6.10 Å². The number of aryl methyl sites for hydroxylation is 2. The van der Waals surface area contributed by atoms with E-state index in [1.807, 2.05) is 26.0 Å². The first-order chi connectivity index (χ1) is 10.6. The third-order valence-electron chi connectivity index (χ3n) is 4.21. The van der Waals surface area contributed by atoms with Crippen molar-refractivity contribution in [3.63, 3.8) is 0 Å². The van der Waals surface area contributed by atoms with Crippen LogP contribution in [0.2, 0.25) is 0 Å². The predicted octanol–water partition coefficient (Wildman–Crippen LogP) is 2.54. The second-order valence-electron chi connectivity index (χ2n) is 5.98. The highest BCUT2D eigenvalue weighted by atomic mass is 16.5. The van der Waals surface area contributed by atoms with Gasteiger partial charge < -0.3 is 20.3 Å². The van der Waals surface area contributed by atoms with E-state index in [4.69, 9.17) is 4.74 Å². The minimum Gasteiger partial charge on any atom is -0.381 e. The van der Waals surface area contributed by atoms with E-state index in [1.54, 1.807) is 7.11 Å². The van der Waals surface area contributed by atoms with Crippen LogP contribution in [-0.4, -0.2) is 50.3 Å². The Morgan fingerprint density at radius 3 is 2.68 bits per heavy atom. The lowest BCUT2D eigenvalue weighted by Gasteiger charge is -2.31. The molecule has 1 heterocycles. The van der Waals surface area contributed by atoms with Gasteiger partial charge in [-0.15, -0.1) is 0 Å². The largest absolute Gasteiger partial charge is 0.381 e. The summed E-state index contributed by atoms with van der Waals surface area (Å²) < 4.78 is 5.36. The van der Waals surface area contributed by atoms with E-state index in [9.17, 15) is 4.79 Å². The Bertz CT molecular complexity index is 497. The molecule has 0 spiro atoms. The molecule has 5 nitrogen and oxygen atoms in total. The maximum absolute atomic E-state index is 11.9. The molecular weight excluding hydrogens is 278 g/mol. The Kier molecular flexibility index (Phi) is 6.21. The van der Waals surface area contributed by atoms with Crippen molar-refractivity contribution in [3.05, 3.63) is 29.3 Å². The van der Waals surface area contributed by atoms with Crippen molar-refractivity contribution in [2.75, 3.05) is 38.6 Å². The third-order valence-corrected chi connectivity index (χ3v) is 4.21. The van der Waals surface area contributed by atoms with Gasteiger partial charge in [-0.2, -0.15) is 0 Å². The monoisotopic (exact) mass is 305 g/mol. The number of nitrogens with zero attached hydrogens (tertiary/aromatic N) is 1. The minimum atomic E-state index is -0.140. The topological polar surface area (TPSA) is 53.6 Å². The normalized spacial score (nSPS) is 16.5. The third kappa shape index (κ3) is 5.00. The van der Waals surface area contributed by atoms with Crippen molar-refractivity contribution in [2.24, 2.45) is 0 Å². The van der Waals surface area contributed by atoms with Crippen LogP contribution in [0.25, 0.3) is 0 Å². The minimum absolute atomic E-state index is 0.140. The summed E-state index contributed by atoms with van der Waals surface area (Å²) in [6.45, 7) is 7.68. The Morgan fingerprint density at radius 1 is 1.32 bits per heavy atom. The fraction of sp³-hybridized carbons (Fsp3) is 0.588. The molecule has 5 heteroatoms. The summed E-state index contributed by atoms with van der Waals surface area (Å²) >= 11 is 0. The molecule has 0 aliphatic carbocycles. The molecule has 1 aliphatic rings. The molecule has 22 heavy (non-hydrogen) atoms. The van der Waals surface area contributed by atoms with Crippen LogP contribution < -0.4 is 10.6 Å². The van der Waals surface area contributed by atoms with Crippen LogP contribution in [0.15, 0.2) is 18.2 Å². The number of carbonyl (C=O) groups excluding carboxylic acids is 1. The summed E-state index contributed by atoms with van der Waals surface area (Å²) in [6, 6.07) is 5.87. The van der Waals surface area contributed by atoms with Crippen molar-refractivity contribution in [3.8, 4) is 0 Å². The molecule has 0 unspecified atom stereocenters. The average Bonchev–Trinajstić information content (AvgIpc) is 2.51. The second-order valence-corrected chi connectivity index (χ2v) is 5.98. The fourth-order valence-corrected chi connectivity index (χ4v) is 2.82. The van der Waals surface area contributed by atoms with Gasteiger partial charge in [-0.25, -0.2) is 4.79 Å². The Morgan fingerprint density at radius 2 is 2.05 bits per heavy atom. The van der Waals surface area contributed by atoms with Crippen molar-refractivity contribution in [1.82, 2.24) is 10.2 Å². The number of piperidine rings is 1. The molecule has 2 N–H and O–H groups in total. The standard InChI is InChI=1S/C17H27N3O2/c1-13-4-5-16(14(2)12-13)19-17(21)18-8-11-20-9-6-15(22-3)7-10-20/h4-5,12,15H,6-11H2,1-3H3,(H2,18,19,21).